The van der Waals surface area contributed by atoms with Crippen LogP contribution in [0.25, 0.3) is 0 Å². The number of rotatable bonds is 6. The van der Waals surface area contributed by atoms with E-state index in [-0.39, 0.29) is 17.8 Å². The number of nitrogens with zero attached hydrogens (tertiary/aromatic N) is 1. The maximum absolute atomic E-state index is 13.6. The van der Waals surface area contributed by atoms with Crippen molar-refractivity contribution >= 4 is 27.9 Å². The summed E-state index contributed by atoms with van der Waals surface area (Å²) in [5.74, 6) is -0.514. The van der Waals surface area contributed by atoms with Crippen LogP contribution >= 0.6 is 15.9 Å². The number of hydrogen-bond donors (Lipinski definition) is 1. The molecule has 0 bridgehead atoms. The van der Waals surface area contributed by atoms with Gasteiger partial charge < -0.3 is 15.0 Å². The molecule has 2 aromatic carbocycles. The van der Waals surface area contributed by atoms with Crippen molar-refractivity contribution < 1.29 is 18.7 Å². The predicted molar refractivity (Wildman–Crippen MR) is 121 cm³/mol. The Kier molecular flexibility index (Phi) is 6.74. The quantitative estimate of drug-likeness (QED) is 0.565. The molecule has 2 aromatic rings. The zero-order valence-electron chi connectivity index (χ0n) is 18.2. The number of amides is 2. The number of cyclic esters (lactones) is 1. The molecule has 7 heteroatoms. The standard InChI is InChI=1S/C24H28BrFN2O3/c1-16(18-5-9-20(25)10-6-18)28-14-13-24(31-22(28)30,15-23(3,4)27-17(2)29)19-7-11-21(26)12-8-19/h5-12,16H,13-15H2,1-4H3,(H,27,29)/t16-,24-/m0/s1. The second kappa shape index (κ2) is 8.99. The van der Waals surface area contributed by atoms with Crippen molar-refractivity contribution in [2.24, 2.45) is 0 Å². The third-order valence-electron chi connectivity index (χ3n) is 5.71. The van der Waals surface area contributed by atoms with Gasteiger partial charge in [0.2, 0.25) is 5.91 Å². The Balaban J connectivity index is 1.89. The first kappa shape index (κ1) is 23.3. The number of ether oxygens (including phenoxy) is 1. The van der Waals surface area contributed by atoms with Crippen LogP contribution in [0.5, 0.6) is 0 Å². The van der Waals surface area contributed by atoms with Crippen LogP contribution < -0.4 is 5.32 Å². The molecule has 1 heterocycles. The molecule has 1 aliphatic heterocycles. The molecule has 3 rings (SSSR count). The molecular formula is C24H28BrFN2O3. The SMILES string of the molecule is CC(=O)NC(C)(C)C[C@]1(c2ccc(F)cc2)CCN([C@@H](C)c2ccc(Br)cc2)C(=O)O1. The van der Waals surface area contributed by atoms with Crippen molar-refractivity contribution in [3.8, 4) is 0 Å². The molecule has 31 heavy (non-hydrogen) atoms. The van der Waals surface area contributed by atoms with E-state index in [0.717, 1.165) is 15.6 Å². The van der Waals surface area contributed by atoms with Gasteiger partial charge in [-0.15, -0.1) is 0 Å². The summed E-state index contributed by atoms with van der Waals surface area (Å²) < 4.78 is 20.6. The van der Waals surface area contributed by atoms with Crippen molar-refractivity contribution in [1.29, 1.82) is 0 Å². The molecule has 5 nitrogen and oxygen atoms in total. The van der Waals surface area contributed by atoms with Crippen LogP contribution in [0.15, 0.2) is 53.0 Å². The summed E-state index contributed by atoms with van der Waals surface area (Å²) in [6, 6.07) is 13.7. The smallest absolute Gasteiger partial charge is 0.411 e. The molecule has 0 aliphatic carbocycles. The molecule has 2 atom stereocenters. The second-order valence-electron chi connectivity index (χ2n) is 8.78. The van der Waals surface area contributed by atoms with E-state index in [1.54, 1.807) is 17.0 Å². The lowest BCUT2D eigenvalue weighted by atomic mass is 9.78. The van der Waals surface area contributed by atoms with Crippen molar-refractivity contribution in [2.75, 3.05) is 6.54 Å². The topological polar surface area (TPSA) is 58.6 Å². The van der Waals surface area contributed by atoms with E-state index in [0.29, 0.717) is 19.4 Å². The summed E-state index contributed by atoms with van der Waals surface area (Å²) in [7, 11) is 0. The van der Waals surface area contributed by atoms with Gasteiger partial charge in [-0.3, -0.25) is 4.79 Å². The Labute approximate surface area is 191 Å². The Hall–Kier alpha value is -2.41. The van der Waals surface area contributed by atoms with E-state index < -0.39 is 17.2 Å². The Bertz CT molecular complexity index is 946. The Morgan fingerprint density at radius 1 is 1.23 bits per heavy atom. The normalized spacial score (nSPS) is 20.2. The lowest BCUT2D eigenvalue weighted by Crippen LogP contribution is -2.54. The monoisotopic (exact) mass is 490 g/mol. The Morgan fingerprint density at radius 3 is 2.39 bits per heavy atom. The zero-order chi connectivity index (χ0) is 22.8. The summed E-state index contributed by atoms with van der Waals surface area (Å²) in [6.07, 6.45) is 0.468. The fourth-order valence-corrected chi connectivity index (χ4v) is 4.62. The zero-order valence-corrected chi connectivity index (χ0v) is 19.8. The highest BCUT2D eigenvalue weighted by atomic mass is 79.9. The van der Waals surface area contributed by atoms with Gasteiger partial charge in [-0.05, 0) is 56.2 Å². The maximum Gasteiger partial charge on any atom is 0.411 e. The summed E-state index contributed by atoms with van der Waals surface area (Å²) in [5, 5.41) is 2.93. The first-order valence-electron chi connectivity index (χ1n) is 10.3. The van der Waals surface area contributed by atoms with E-state index in [1.165, 1.54) is 19.1 Å². The minimum absolute atomic E-state index is 0.157. The van der Waals surface area contributed by atoms with Crippen LogP contribution in [0.4, 0.5) is 9.18 Å². The molecule has 0 unspecified atom stereocenters. The molecule has 1 aliphatic rings. The molecule has 2 amide bonds. The molecular weight excluding hydrogens is 463 g/mol. The first-order valence-corrected chi connectivity index (χ1v) is 11.1. The minimum Gasteiger partial charge on any atom is -0.438 e. The fourth-order valence-electron chi connectivity index (χ4n) is 4.36. The highest BCUT2D eigenvalue weighted by Crippen LogP contribution is 2.42. The first-order chi connectivity index (χ1) is 14.5. The summed E-state index contributed by atoms with van der Waals surface area (Å²) in [6.45, 7) is 7.69. The summed E-state index contributed by atoms with van der Waals surface area (Å²) >= 11 is 3.43. The van der Waals surface area contributed by atoms with Crippen molar-refractivity contribution in [3.05, 3.63) is 69.9 Å². The average molecular weight is 491 g/mol. The highest BCUT2D eigenvalue weighted by Gasteiger charge is 2.46. The van der Waals surface area contributed by atoms with Gasteiger partial charge in [0.25, 0.3) is 0 Å². The summed E-state index contributed by atoms with van der Waals surface area (Å²) in [4.78, 5) is 26.6. The molecule has 1 fully saturated rings. The highest BCUT2D eigenvalue weighted by molar-refractivity contribution is 9.10. The Morgan fingerprint density at radius 2 is 1.84 bits per heavy atom. The molecule has 1 N–H and O–H groups in total. The van der Waals surface area contributed by atoms with E-state index in [2.05, 4.69) is 21.2 Å². The van der Waals surface area contributed by atoms with Crippen LogP contribution in [0.1, 0.15) is 57.7 Å². The third kappa shape index (κ3) is 5.45. The van der Waals surface area contributed by atoms with Crippen LogP contribution in [0, 0.1) is 5.82 Å². The van der Waals surface area contributed by atoms with E-state index in [1.807, 2.05) is 45.0 Å². The van der Waals surface area contributed by atoms with E-state index >= 15 is 0 Å². The van der Waals surface area contributed by atoms with Crippen molar-refractivity contribution in [1.82, 2.24) is 10.2 Å². The van der Waals surface area contributed by atoms with Crippen LogP contribution in [0.3, 0.4) is 0 Å². The third-order valence-corrected chi connectivity index (χ3v) is 6.23. The molecule has 0 spiro atoms. The molecule has 1 saturated heterocycles. The lowest BCUT2D eigenvalue weighted by Gasteiger charge is -2.46. The number of nitrogens with one attached hydrogen (secondary N) is 1. The number of halogens is 2. The van der Waals surface area contributed by atoms with Gasteiger partial charge in [-0.25, -0.2) is 9.18 Å². The predicted octanol–water partition coefficient (Wildman–Crippen LogP) is 5.69. The second-order valence-corrected chi connectivity index (χ2v) is 9.70. The van der Waals surface area contributed by atoms with Gasteiger partial charge in [-0.1, -0.05) is 40.2 Å². The van der Waals surface area contributed by atoms with Crippen LogP contribution in [-0.4, -0.2) is 29.0 Å². The molecule has 166 valence electrons. The van der Waals surface area contributed by atoms with Crippen molar-refractivity contribution in [2.45, 2.75) is 57.7 Å². The number of carbonyl (C=O) groups is 2. The number of carbonyl (C=O) groups excluding carboxylic acids is 2. The van der Waals surface area contributed by atoms with Gasteiger partial charge in [-0.2, -0.15) is 0 Å². The average Bonchev–Trinajstić information content (AvgIpc) is 2.67. The van der Waals surface area contributed by atoms with Gasteiger partial charge in [0.05, 0.1) is 6.04 Å². The van der Waals surface area contributed by atoms with Crippen LogP contribution in [0.2, 0.25) is 0 Å². The van der Waals surface area contributed by atoms with Gasteiger partial charge >= 0.3 is 6.09 Å². The summed E-state index contributed by atoms with van der Waals surface area (Å²) in [5.41, 5.74) is 0.136. The van der Waals surface area contributed by atoms with E-state index in [9.17, 15) is 14.0 Å². The lowest BCUT2D eigenvalue weighted by molar-refractivity contribution is -0.122. The fraction of sp³-hybridized carbons (Fsp3) is 0.417. The number of benzene rings is 2. The van der Waals surface area contributed by atoms with Crippen molar-refractivity contribution in [3.63, 3.8) is 0 Å². The van der Waals surface area contributed by atoms with Gasteiger partial charge in [0.15, 0.2) is 0 Å². The van der Waals surface area contributed by atoms with E-state index in [4.69, 9.17) is 4.74 Å². The molecule has 0 radical (unpaired) electrons. The van der Waals surface area contributed by atoms with Gasteiger partial charge in [0, 0.05) is 36.3 Å². The van der Waals surface area contributed by atoms with Crippen LogP contribution in [-0.2, 0) is 15.1 Å². The maximum atomic E-state index is 13.6. The number of hydrogen-bond acceptors (Lipinski definition) is 3. The van der Waals surface area contributed by atoms with Gasteiger partial charge in [0.1, 0.15) is 11.4 Å². The molecule has 0 saturated carbocycles. The molecule has 0 aromatic heterocycles. The largest absolute Gasteiger partial charge is 0.438 e. The minimum atomic E-state index is -0.966.